The first-order chi connectivity index (χ1) is 6.36. The molecule has 0 unspecified atom stereocenters. The molecule has 0 bridgehead atoms. The van der Waals surface area contributed by atoms with Crippen LogP contribution in [-0.4, -0.2) is 0 Å². The molecule has 2 N–H and O–H groups in total. The minimum absolute atomic E-state index is 0.511. The van der Waals surface area contributed by atoms with Crippen LogP contribution in [0.1, 0.15) is 11.1 Å². The standard InChI is InChI=1S/C10H11NOS/c11-4-7-2-1-3-9-8(6-13)5-12-10(7)9/h1-3,5,13H,4,6,11H2. The van der Waals surface area contributed by atoms with E-state index in [9.17, 15) is 0 Å². The molecule has 3 heteroatoms. The summed E-state index contributed by atoms with van der Waals surface area (Å²) in [7, 11) is 0. The molecule has 0 aliphatic rings. The van der Waals surface area contributed by atoms with Gasteiger partial charge >= 0.3 is 0 Å². The molecule has 0 saturated carbocycles. The van der Waals surface area contributed by atoms with Gasteiger partial charge in [0.1, 0.15) is 5.58 Å². The quantitative estimate of drug-likeness (QED) is 0.718. The van der Waals surface area contributed by atoms with Crippen LogP contribution >= 0.6 is 12.6 Å². The van der Waals surface area contributed by atoms with Gasteiger partial charge in [-0.15, -0.1) is 0 Å². The van der Waals surface area contributed by atoms with Crippen molar-refractivity contribution in [1.29, 1.82) is 0 Å². The molecule has 2 nitrogen and oxygen atoms in total. The molecule has 0 spiro atoms. The zero-order valence-corrected chi connectivity index (χ0v) is 8.05. The van der Waals surface area contributed by atoms with E-state index in [4.69, 9.17) is 10.2 Å². The van der Waals surface area contributed by atoms with Crippen LogP contribution < -0.4 is 5.73 Å². The van der Waals surface area contributed by atoms with E-state index in [0.29, 0.717) is 12.3 Å². The van der Waals surface area contributed by atoms with Crippen LogP contribution in [0.4, 0.5) is 0 Å². The minimum atomic E-state index is 0.511. The number of benzene rings is 1. The highest BCUT2D eigenvalue weighted by atomic mass is 32.1. The van der Waals surface area contributed by atoms with E-state index in [2.05, 4.69) is 12.6 Å². The van der Waals surface area contributed by atoms with E-state index in [1.807, 2.05) is 18.2 Å². The van der Waals surface area contributed by atoms with E-state index in [1.54, 1.807) is 6.26 Å². The van der Waals surface area contributed by atoms with E-state index >= 15 is 0 Å². The molecule has 0 atom stereocenters. The molecule has 1 aromatic carbocycles. The van der Waals surface area contributed by atoms with Crippen LogP contribution in [0, 0.1) is 0 Å². The Balaban J connectivity index is 2.72. The van der Waals surface area contributed by atoms with Crippen molar-refractivity contribution in [2.75, 3.05) is 0 Å². The summed E-state index contributed by atoms with van der Waals surface area (Å²) < 4.78 is 5.43. The Morgan fingerprint density at radius 2 is 2.15 bits per heavy atom. The van der Waals surface area contributed by atoms with Crippen LogP contribution in [0.15, 0.2) is 28.9 Å². The molecule has 0 radical (unpaired) electrons. The van der Waals surface area contributed by atoms with Crippen molar-refractivity contribution in [3.63, 3.8) is 0 Å². The van der Waals surface area contributed by atoms with Gasteiger partial charge in [0.25, 0.3) is 0 Å². The van der Waals surface area contributed by atoms with Gasteiger partial charge in [0, 0.05) is 28.8 Å². The molecular formula is C10H11NOS. The summed E-state index contributed by atoms with van der Waals surface area (Å²) in [4.78, 5) is 0. The summed E-state index contributed by atoms with van der Waals surface area (Å²) in [5, 5.41) is 1.12. The summed E-state index contributed by atoms with van der Waals surface area (Å²) >= 11 is 4.22. The zero-order valence-electron chi connectivity index (χ0n) is 7.16. The van der Waals surface area contributed by atoms with Gasteiger partial charge < -0.3 is 10.2 Å². The van der Waals surface area contributed by atoms with Crippen LogP contribution in [0.2, 0.25) is 0 Å². The van der Waals surface area contributed by atoms with Gasteiger partial charge in [-0.3, -0.25) is 0 Å². The normalized spacial score (nSPS) is 10.9. The summed E-state index contributed by atoms with van der Waals surface area (Å²) in [6.07, 6.45) is 1.75. The number of furan rings is 1. The largest absolute Gasteiger partial charge is 0.464 e. The van der Waals surface area contributed by atoms with Crippen LogP contribution in [-0.2, 0) is 12.3 Å². The smallest absolute Gasteiger partial charge is 0.138 e. The first-order valence-electron chi connectivity index (χ1n) is 4.15. The molecule has 13 heavy (non-hydrogen) atoms. The Bertz CT molecular complexity index is 422. The average molecular weight is 193 g/mol. The fourth-order valence-electron chi connectivity index (χ4n) is 1.45. The molecule has 0 aliphatic heterocycles. The lowest BCUT2D eigenvalue weighted by atomic mass is 10.1. The fourth-order valence-corrected chi connectivity index (χ4v) is 1.70. The number of thiol groups is 1. The average Bonchev–Trinajstić information content (AvgIpc) is 2.60. The van der Waals surface area contributed by atoms with E-state index in [0.717, 1.165) is 22.1 Å². The van der Waals surface area contributed by atoms with Crippen molar-refractivity contribution in [3.05, 3.63) is 35.6 Å². The van der Waals surface area contributed by atoms with E-state index < -0.39 is 0 Å². The van der Waals surface area contributed by atoms with Gasteiger partial charge in [0.05, 0.1) is 6.26 Å². The molecule has 1 aromatic heterocycles. The van der Waals surface area contributed by atoms with Gasteiger partial charge in [-0.2, -0.15) is 12.6 Å². The summed E-state index contributed by atoms with van der Waals surface area (Å²) in [6.45, 7) is 0.511. The highest BCUT2D eigenvalue weighted by Crippen LogP contribution is 2.25. The Morgan fingerprint density at radius 1 is 1.31 bits per heavy atom. The number of para-hydroxylation sites is 1. The first-order valence-corrected chi connectivity index (χ1v) is 4.79. The molecule has 2 aromatic rings. The number of hydrogen-bond acceptors (Lipinski definition) is 3. The van der Waals surface area contributed by atoms with Crippen LogP contribution in [0.3, 0.4) is 0 Å². The van der Waals surface area contributed by atoms with Crippen molar-refractivity contribution in [3.8, 4) is 0 Å². The maximum Gasteiger partial charge on any atom is 0.138 e. The molecule has 0 aliphatic carbocycles. The SMILES string of the molecule is NCc1cccc2c(CS)coc12. The third-order valence-corrected chi connectivity index (χ3v) is 2.49. The van der Waals surface area contributed by atoms with Gasteiger partial charge in [0.2, 0.25) is 0 Å². The molecular weight excluding hydrogens is 182 g/mol. The van der Waals surface area contributed by atoms with Crippen molar-refractivity contribution in [2.24, 2.45) is 5.73 Å². The Labute approximate surface area is 82.1 Å². The lowest BCUT2D eigenvalue weighted by Gasteiger charge is -1.97. The predicted molar refractivity (Wildman–Crippen MR) is 56.8 cm³/mol. The fraction of sp³-hybridized carbons (Fsp3) is 0.200. The first kappa shape index (κ1) is 8.66. The number of nitrogens with two attached hydrogens (primary N) is 1. The van der Waals surface area contributed by atoms with Crippen LogP contribution in [0.5, 0.6) is 0 Å². The highest BCUT2D eigenvalue weighted by molar-refractivity contribution is 7.79. The van der Waals surface area contributed by atoms with E-state index in [1.165, 1.54) is 0 Å². The molecule has 0 amide bonds. The second-order valence-electron chi connectivity index (χ2n) is 2.92. The minimum Gasteiger partial charge on any atom is -0.464 e. The predicted octanol–water partition coefficient (Wildman–Crippen LogP) is 2.32. The lowest BCUT2D eigenvalue weighted by molar-refractivity contribution is 0.608. The zero-order chi connectivity index (χ0) is 9.26. The molecule has 68 valence electrons. The second kappa shape index (κ2) is 3.44. The Hall–Kier alpha value is -0.930. The van der Waals surface area contributed by atoms with Gasteiger partial charge in [-0.05, 0) is 0 Å². The van der Waals surface area contributed by atoms with Crippen molar-refractivity contribution in [1.82, 2.24) is 0 Å². The highest BCUT2D eigenvalue weighted by Gasteiger charge is 2.06. The van der Waals surface area contributed by atoms with Crippen LogP contribution in [0.25, 0.3) is 11.0 Å². The summed E-state index contributed by atoms with van der Waals surface area (Å²) in [5.41, 5.74) is 8.65. The van der Waals surface area contributed by atoms with Crippen molar-refractivity contribution >= 4 is 23.6 Å². The van der Waals surface area contributed by atoms with Gasteiger partial charge in [-0.1, -0.05) is 18.2 Å². The topological polar surface area (TPSA) is 39.2 Å². The maximum atomic E-state index is 5.59. The number of rotatable bonds is 2. The Kier molecular flexibility index (Phi) is 2.29. The summed E-state index contributed by atoms with van der Waals surface area (Å²) in [5.74, 6) is 0.695. The van der Waals surface area contributed by atoms with E-state index in [-0.39, 0.29) is 0 Å². The second-order valence-corrected chi connectivity index (χ2v) is 3.23. The Morgan fingerprint density at radius 3 is 2.85 bits per heavy atom. The maximum absolute atomic E-state index is 5.59. The third kappa shape index (κ3) is 1.34. The molecule has 1 heterocycles. The monoisotopic (exact) mass is 193 g/mol. The van der Waals surface area contributed by atoms with Gasteiger partial charge in [0.15, 0.2) is 0 Å². The molecule has 0 fully saturated rings. The third-order valence-electron chi connectivity index (χ3n) is 2.15. The van der Waals surface area contributed by atoms with Gasteiger partial charge in [-0.25, -0.2) is 0 Å². The summed E-state index contributed by atoms with van der Waals surface area (Å²) in [6, 6.07) is 6.00. The lowest BCUT2D eigenvalue weighted by Crippen LogP contribution is -1.95. The molecule has 0 saturated heterocycles. The van der Waals surface area contributed by atoms with Crippen molar-refractivity contribution < 1.29 is 4.42 Å². The van der Waals surface area contributed by atoms with Crippen molar-refractivity contribution in [2.45, 2.75) is 12.3 Å². The number of hydrogen-bond donors (Lipinski definition) is 2. The number of fused-ring (bicyclic) bond motifs is 1. The molecule has 2 rings (SSSR count).